The van der Waals surface area contributed by atoms with Crippen LogP contribution in [0.4, 0.5) is 0 Å². The fourth-order valence-electron chi connectivity index (χ4n) is 3.21. The molecule has 0 aromatic carbocycles. The van der Waals surface area contributed by atoms with E-state index in [1.165, 1.54) is 0 Å². The number of hydrogen-bond donors (Lipinski definition) is 2. The summed E-state index contributed by atoms with van der Waals surface area (Å²) in [5.41, 5.74) is -0.590. The van der Waals surface area contributed by atoms with Crippen molar-refractivity contribution >= 4 is 28.6 Å². The summed E-state index contributed by atoms with van der Waals surface area (Å²) in [5.74, 6) is 0.144. The molecule has 1 saturated carbocycles. The minimum absolute atomic E-state index is 0.0232. The molecule has 4 atom stereocenters. The van der Waals surface area contributed by atoms with Gasteiger partial charge in [0.05, 0.1) is 5.60 Å². The zero-order chi connectivity index (χ0) is 15.0. The zero-order valence-corrected chi connectivity index (χ0v) is 14.8. The Labute approximate surface area is 135 Å². The van der Waals surface area contributed by atoms with E-state index in [-0.39, 0.29) is 24.0 Å². The molecule has 2 aliphatic rings. The van der Waals surface area contributed by atoms with Crippen molar-refractivity contribution in [1.29, 1.82) is 0 Å². The van der Waals surface area contributed by atoms with Crippen LogP contribution >= 0.6 is 22.6 Å². The molecule has 4 nitrogen and oxygen atoms in total. The van der Waals surface area contributed by atoms with Crippen LogP contribution in [0.25, 0.3) is 0 Å². The number of halogens is 1. The summed E-state index contributed by atoms with van der Waals surface area (Å²) in [5, 5.41) is 13.8. The summed E-state index contributed by atoms with van der Waals surface area (Å²) in [6.07, 6.45) is 4.15. The molecule has 0 bridgehead atoms. The lowest BCUT2D eigenvalue weighted by molar-refractivity contribution is -0.151. The van der Waals surface area contributed by atoms with Crippen LogP contribution in [0.1, 0.15) is 52.9 Å². The first-order chi connectivity index (χ1) is 9.33. The molecule has 20 heavy (non-hydrogen) atoms. The summed E-state index contributed by atoms with van der Waals surface area (Å²) in [7, 11) is 0. The molecule has 2 rings (SSSR count). The van der Waals surface area contributed by atoms with Crippen LogP contribution in [0, 0.1) is 5.92 Å². The average Bonchev–Trinajstić information content (AvgIpc) is 3.19. The number of carbonyl (C=O) groups is 1. The first kappa shape index (κ1) is 16.5. The van der Waals surface area contributed by atoms with Gasteiger partial charge in [-0.25, -0.2) is 0 Å². The quantitative estimate of drug-likeness (QED) is 0.314. The minimum atomic E-state index is -0.590. The van der Waals surface area contributed by atoms with E-state index >= 15 is 0 Å². The SMILES string of the molecule is CCC(O)(CC)C1CCC(OC(=O)C(C)(I)C2CN2)C1. The summed E-state index contributed by atoms with van der Waals surface area (Å²) in [4.78, 5) is 12.3. The Bertz CT molecular complexity index is 364. The maximum Gasteiger partial charge on any atom is 0.323 e. The second-order valence-corrected chi connectivity index (χ2v) is 8.63. The Balaban J connectivity index is 1.89. The third-order valence-electron chi connectivity index (χ3n) is 5.10. The number of alkyl halides is 1. The van der Waals surface area contributed by atoms with E-state index in [1.54, 1.807) is 0 Å². The van der Waals surface area contributed by atoms with Gasteiger partial charge in [0, 0.05) is 12.6 Å². The van der Waals surface area contributed by atoms with E-state index in [1.807, 2.05) is 20.8 Å². The van der Waals surface area contributed by atoms with Crippen molar-refractivity contribution in [3.05, 3.63) is 0 Å². The van der Waals surface area contributed by atoms with E-state index in [9.17, 15) is 9.90 Å². The molecule has 0 aromatic heterocycles. The topological polar surface area (TPSA) is 68.5 Å². The molecule has 4 unspecified atom stereocenters. The number of rotatable bonds is 6. The van der Waals surface area contributed by atoms with Crippen molar-refractivity contribution in [2.45, 2.75) is 74.0 Å². The molecule has 0 amide bonds. The summed E-state index contributed by atoms with van der Waals surface area (Å²) in [6.45, 7) is 6.89. The van der Waals surface area contributed by atoms with E-state index in [4.69, 9.17) is 4.74 Å². The first-order valence-electron chi connectivity index (χ1n) is 7.69. The first-order valence-corrected chi connectivity index (χ1v) is 8.77. The van der Waals surface area contributed by atoms with Crippen molar-refractivity contribution in [2.75, 3.05) is 6.54 Å². The zero-order valence-electron chi connectivity index (χ0n) is 12.6. The van der Waals surface area contributed by atoms with Gasteiger partial charge in [-0.3, -0.25) is 4.79 Å². The maximum atomic E-state index is 12.3. The molecule has 116 valence electrons. The lowest BCUT2D eigenvalue weighted by Gasteiger charge is -2.32. The Kier molecular flexibility index (Phi) is 5.02. The van der Waals surface area contributed by atoms with E-state index in [0.29, 0.717) is 0 Å². The molecule has 2 N–H and O–H groups in total. The van der Waals surface area contributed by atoms with Crippen molar-refractivity contribution < 1.29 is 14.6 Å². The number of aliphatic hydroxyl groups is 1. The van der Waals surface area contributed by atoms with Gasteiger partial charge < -0.3 is 15.2 Å². The number of hydrogen-bond acceptors (Lipinski definition) is 4. The molecular weight excluding hydrogens is 369 g/mol. The van der Waals surface area contributed by atoms with E-state index in [0.717, 1.165) is 38.6 Å². The third-order valence-corrected chi connectivity index (χ3v) is 6.30. The van der Waals surface area contributed by atoms with Crippen LogP contribution in [0.2, 0.25) is 0 Å². The molecule has 1 aliphatic carbocycles. The molecule has 2 fully saturated rings. The summed E-state index contributed by atoms with van der Waals surface area (Å²) >= 11 is 2.19. The van der Waals surface area contributed by atoms with Crippen LogP contribution in [0.15, 0.2) is 0 Å². The van der Waals surface area contributed by atoms with Crippen LogP contribution in [-0.4, -0.2) is 38.8 Å². The Morgan fingerprint density at radius 3 is 2.50 bits per heavy atom. The maximum absolute atomic E-state index is 12.3. The molecule has 5 heteroatoms. The third kappa shape index (κ3) is 3.30. The minimum Gasteiger partial charge on any atom is -0.461 e. The predicted octanol–water partition coefficient (Wildman–Crippen LogP) is 2.41. The van der Waals surface area contributed by atoms with Gasteiger partial charge in [0.25, 0.3) is 0 Å². The number of esters is 1. The van der Waals surface area contributed by atoms with Gasteiger partial charge in [0.15, 0.2) is 0 Å². The molecular formula is C15H26INO3. The predicted molar refractivity (Wildman–Crippen MR) is 87.0 cm³/mol. The van der Waals surface area contributed by atoms with Crippen molar-refractivity contribution in [1.82, 2.24) is 5.32 Å². The Morgan fingerprint density at radius 1 is 1.40 bits per heavy atom. The summed E-state index contributed by atoms with van der Waals surface area (Å²) < 4.78 is 5.22. The Hall–Kier alpha value is 0.120. The highest BCUT2D eigenvalue weighted by Crippen LogP contribution is 2.40. The normalized spacial score (nSPS) is 32.8. The molecule has 0 aromatic rings. The van der Waals surface area contributed by atoms with Gasteiger partial charge in [-0.2, -0.15) is 0 Å². The summed E-state index contributed by atoms with van der Waals surface area (Å²) in [6, 6.07) is 0.246. The van der Waals surface area contributed by atoms with Gasteiger partial charge in [0.2, 0.25) is 0 Å². The molecule has 0 radical (unpaired) electrons. The van der Waals surface area contributed by atoms with Gasteiger partial charge in [-0.05, 0) is 44.9 Å². The van der Waals surface area contributed by atoms with E-state index in [2.05, 4.69) is 27.9 Å². The molecule has 1 aliphatic heterocycles. The Morgan fingerprint density at radius 2 is 2.00 bits per heavy atom. The molecule has 1 heterocycles. The van der Waals surface area contributed by atoms with Gasteiger partial charge in [-0.1, -0.05) is 36.4 Å². The molecule has 0 spiro atoms. The van der Waals surface area contributed by atoms with Crippen LogP contribution < -0.4 is 5.32 Å². The van der Waals surface area contributed by atoms with Crippen LogP contribution in [0.5, 0.6) is 0 Å². The largest absolute Gasteiger partial charge is 0.461 e. The van der Waals surface area contributed by atoms with Gasteiger partial charge >= 0.3 is 5.97 Å². The van der Waals surface area contributed by atoms with Crippen LogP contribution in [0.3, 0.4) is 0 Å². The van der Waals surface area contributed by atoms with E-state index < -0.39 is 9.02 Å². The van der Waals surface area contributed by atoms with Crippen molar-refractivity contribution in [3.8, 4) is 0 Å². The molecule has 1 saturated heterocycles. The average molecular weight is 395 g/mol. The highest BCUT2D eigenvalue weighted by molar-refractivity contribution is 14.1. The van der Waals surface area contributed by atoms with Crippen LogP contribution in [-0.2, 0) is 9.53 Å². The number of nitrogens with one attached hydrogen (secondary N) is 1. The smallest absolute Gasteiger partial charge is 0.323 e. The second-order valence-electron chi connectivity index (χ2n) is 6.38. The second kappa shape index (κ2) is 6.08. The fourth-order valence-corrected chi connectivity index (χ4v) is 3.78. The highest BCUT2D eigenvalue weighted by atomic mass is 127. The highest BCUT2D eigenvalue weighted by Gasteiger charge is 2.48. The standard InChI is InChI=1S/C15H26INO3/c1-4-15(19,5-2)10-6-7-11(8-10)20-13(18)14(3,16)12-9-17-12/h10-12,17,19H,4-9H2,1-3H3. The van der Waals surface area contributed by atoms with Gasteiger partial charge in [0.1, 0.15) is 9.53 Å². The monoisotopic (exact) mass is 395 g/mol. The number of carbonyl (C=O) groups excluding carboxylic acids is 1. The van der Waals surface area contributed by atoms with Crippen molar-refractivity contribution in [2.24, 2.45) is 5.92 Å². The lowest BCUT2D eigenvalue weighted by atomic mass is 9.82. The van der Waals surface area contributed by atoms with Crippen molar-refractivity contribution in [3.63, 3.8) is 0 Å². The fraction of sp³-hybridized carbons (Fsp3) is 0.933. The number of ether oxygens (including phenoxy) is 1. The lowest BCUT2D eigenvalue weighted by Crippen LogP contribution is -2.39. The van der Waals surface area contributed by atoms with Gasteiger partial charge in [-0.15, -0.1) is 0 Å².